The van der Waals surface area contributed by atoms with E-state index in [0.29, 0.717) is 27.0 Å². The minimum atomic E-state index is -0.948. The summed E-state index contributed by atoms with van der Waals surface area (Å²) in [5.74, 6) is -0.705. The zero-order valence-electron chi connectivity index (χ0n) is 13.9. The molecule has 3 rings (SSSR count). The number of methoxy groups -OCH3 is 1. The van der Waals surface area contributed by atoms with Crippen molar-refractivity contribution in [2.45, 2.75) is 6.42 Å². The molecule has 2 N–H and O–H groups in total. The van der Waals surface area contributed by atoms with Crippen LogP contribution in [0, 0.1) is 0 Å². The third-order valence-corrected chi connectivity index (χ3v) is 4.58. The van der Waals surface area contributed by atoms with Gasteiger partial charge in [0.05, 0.1) is 19.2 Å². The van der Waals surface area contributed by atoms with Gasteiger partial charge in [-0.2, -0.15) is 0 Å². The van der Waals surface area contributed by atoms with Crippen molar-refractivity contribution >= 4 is 28.3 Å². The minimum absolute atomic E-state index is 0.156. The maximum atomic E-state index is 12.4. The molecule has 1 aromatic heterocycles. The molecule has 0 aliphatic heterocycles. The Bertz CT molecular complexity index is 938. The number of carboxylic acids is 1. The van der Waals surface area contributed by atoms with Crippen LogP contribution < -0.4 is 10.1 Å². The second kappa shape index (κ2) is 7.79. The largest absolute Gasteiger partial charge is 0.497 e. The van der Waals surface area contributed by atoms with Gasteiger partial charge in [0.15, 0.2) is 5.13 Å². The molecule has 0 saturated carbocycles. The fraction of sp³-hybridized carbons (Fsp3) is 0.105. The van der Waals surface area contributed by atoms with Crippen LogP contribution in [-0.4, -0.2) is 29.1 Å². The van der Waals surface area contributed by atoms with E-state index in [4.69, 9.17) is 9.84 Å². The molecule has 7 heteroatoms. The normalized spacial score (nSPS) is 10.3. The number of aromatic nitrogens is 1. The molecule has 0 bridgehead atoms. The van der Waals surface area contributed by atoms with Gasteiger partial charge in [0.1, 0.15) is 5.75 Å². The van der Waals surface area contributed by atoms with Crippen molar-refractivity contribution in [3.63, 3.8) is 0 Å². The minimum Gasteiger partial charge on any atom is -0.497 e. The molecule has 0 radical (unpaired) electrons. The first kappa shape index (κ1) is 17.6. The molecule has 0 aliphatic carbocycles. The van der Waals surface area contributed by atoms with Gasteiger partial charge in [-0.15, -0.1) is 11.3 Å². The standard InChI is InChI=1S/C19H16N2O4S/c1-25-14-9-5-8-13(10-14)18(24)21-19-20-17(12-6-3-2-4-7-12)15(26-19)11-16(22)23/h2-10H,11H2,1H3,(H,22,23)(H,20,21,24). The van der Waals surface area contributed by atoms with Crippen molar-refractivity contribution in [3.05, 3.63) is 65.0 Å². The van der Waals surface area contributed by atoms with Gasteiger partial charge >= 0.3 is 5.97 Å². The number of carbonyl (C=O) groups excluding carboxylic acids is 1. The van der Waals surface area contributed by atoms with Crippen LogP contribution in [0.25, 0.3) is 11.3 Å². The molecule has 2 aromatic carbocycles. The molecule has 0 saturated heterocycles. The highest BCUT2D eigenvalue weighted by atomic mass is 32.1. The van der Waals surface area contributed by atoms with Gasteiger partial charge < -0.3 is 9.84 Å². The van der Waals surface area contributed by atoms with Crippen molar-refractivity contribution in [3.8, 4) is 17.0 Å². The van der Waals surface area contributed by atoms with E-state index in [9.17, 15) is 9.59 Å². The molecule has 0 unspecified atom stereocenters. The number of nitrogens with one attached hydrogen (secondary N) is 1. The SMILES string of the molecule is COc1cccc(C(=O)Nc2nc(-c3ccccc3)c(CC(=O)O)s2)c1. The average Bonchev–Trinajstić information content (AvgIpc) is 3.04. The molecular formula is C19H16N2O4S. The Hall–Kier alpha value is -3.19. The van der Waals surface area contributed by atoms with E-state index in [0.717, 1.165) is 16.9 Å². The first-order chi connectivity index (χ1) is 12.6. The van der Waals surface area contributed by atoms with Gasteiger partial charge in [-0.05, 0) is 18.2 Å². The first-order valence-corrected chi connectivity index (χ1v) is 8.61. The van der Waals surface area contributed by atoms with E-state index in [1.54, 1.807) is 24.3 Å². The van der Waals surface area contributed by atoms with Gasteiger partial charge in [0.2, 0.25) is 0 Å². The third kappa shape index (κ3) is 4.07. The summed E-state index contributed by atoms with van der Waals surface area (Å²) in [5.41, 5.74) is 1.81. The Morgan fingerprint density at radius 3 is 2.62 bits per heavy atom. The number of rotatable bonds is 6. The zero-order valence-corrected chi connectivity index (χ0v) is 14.7. The summed E-state index contributed by atoms with van der Waals surface area (Å²) < 4.78 is 5.12. The molecule has 0 spiro atoms. The second-order valence-electron chi connectivity index (χ2n) is 5.41. The van der Waals surface area contributed by atoms with Gasteiger partial charge in [0.25, 0.3) is 5.91 Å². The van der Waals surface area contributed by atoms with Crippen LogP contribution in [-0.2, 0) is 11.2 Å². The highest BCUT2D eigenvalue weighted by molar-refractivity contribution is 7.16. The molecule has 132 valence electrons. The highest BCUT2D eigenvalue weighted by Gasteiger charge is 2.17. The van der Waals surface area contributed by atoms with E-state index < -0.39 is 5.97 Å². The quantitative estimate of drug-likeness (QED) is 0.693. The van der Waals surface area contributed by atoms with Gasteiger partial charge in [-0.25, -0.2) is 4.98 Å². The number of hydrogen-bond acceptors (Lipinski definition) is 5. The predicted octanol–water partition coefficient (Wildman–Crippen LogP) is 3.70. The van der Waals surface area contributed by atoms with E-state index in [2.05, 4.69) is 10.3 Å². The predicted molar refractivity (Wildman–Crippen MR) is 99.8 cm³/mol. The van der Waals surface area contributed by atoms with E-state index in [-0.39, 0.29) is 12.3 Å². The highest BCUT2D eigenvalue weighted by Crippen LogP contribution is 2.32. The lowest BCUT2D eigenvalue weighted by Crippen LogP contribution is -2.11. The van der Waals surface area contributed by atoms with Crippen LogP contribution in [0.15, 0.2) is 54.6 Å². The lowest BCUT2D eigenvalue weighted by Gasteiger charge is -2.04. The lowest BCUT2D eigenvalue weighted by molar-refractivity contribution is -0.136. The summed E-state index contributed by atoms with van der Waals surface area (Å²) in [4.78, 5) is 28.6. The van der Waals surface area contributed by atoms with Crippen molar-refractivity contribution in [1.82, 2.24) is 4.98 Å². The smallest absolute Gasteiger partial charge is 0.308 e. The van der Waals surface area contributed by atoms with E-state index in [1.165, 1.54) is 7.11 Å². The van der Waals surface area contributed by atoms with Crippen LogP contribution in [0.1, 0.15) is 15.2 Å². The Labute approximate surface area is 154 Å². The molecule has 1 amide bonds. The maximum Gasteiger partial charge on any atom is 0.308 e. The van der Waals surface area contributed by atoms with E-state index in [1.807, 2.05) is 30.3 Å². The van der Waals surface area contributed by atoms with Gasteiger partial charge in [-0.1, -0.05) is 36.4 Å². The Balaban J connectivity index is 1.89. The van der Waals surface area contributed by atoms with Crippen molar-refractivity contribution < 1.29 is 19.4 Å². The van der Waals surface area contributed by atoms with Crippen LogP contribution in [0.3, 0.4) is 0 Å². The number of amides is 1. The summed E-state index contributed by atoms with van der Waals surface area (Å²) in [5, 5.41) is 12.2. The number of thiazole rings is 1. The van der Waals surface area contributed by atoms with Gasteiger partial charge in [0, 0.05) is 16.0 Å². The number of carbonyl (C=O) groups is 2. The number of benzene rings is 2. The Morgan fingerprint density at radius 1 is 1.15 bits per heavy atom. The summed E-state index contributed by atoms with van der Waals surface area (Å²) in [6.45, 7) is 0. The number of aliphatic carboxylic acids is 1. The lowest BCUT2D eigenvalue weighted by atomic mass is 10.1. The molecule has 6 nitrogen and oxygen atoms in total. The summed E-state index contributed by atoms with van der Waals surface area (Å²) in [6, 6.07) is 16.1. The number of anilines is 1. The molecule has 1 heterocycles. The summed E-state index contributed by atoms with van der Waals surface area (Å²) in [7, 11) is 1.53. The molecule has 0 fully saturated rings. The zero-order chi connectivity index (χ0) is 18.5. The summed E-state index contributed by atoms with van der Waals surface area (Å²) >= 11 is 1.16. The average molecular weight is 368 g/mol. The topological polar surface area (TPSA) is 88.5 Å². The van der Waals surface area contributed by atoms with Crippen LogP contribution in [0.5, 0.6) is 5.75 Å². The first-order valence-electron chi connectivity index (χ1n) is 7.79. The molecule has 26 heavy (non-hydrogen) atoms. The number of carboxylic acid groups (broad SMARTS) is 1. The summed E-state index contributed by atoms with van der Waals surface area (Å²) in [6.07, 6.45) is -0.156. The van der Waals surface area contributed by atoms with Crippen molar-refractivity contribution in [1.29, 1.82) is 0 Å². The molecule has 3 aromatic rings. The van der Waals surface area contributed by atoms with Gasteiger partial charge in [-0.3, -0.25) is 14.9 Å². The molecule has 0 aliphatic rings. The molecular weight excluding hydrogens is 352 g/mol. The van der Waals surface area contributed by atoms with E-state index >= 15 is 0 Å². The number of nitrogens with zero attached hydrogens (tertiary/aromatic N) is 1. The fourth-order valence-electron chi connectivity index (χ4n) is 2.42. The molecule has 0 atom stereocenters. The number of ether oxygens (including phenoxy) is 1. The van der Waals surface area contributed by atoms with Crippen LogP contribution >= 0.6 is 11.3 Å². The monoisotopic (exact) mass is 368 g/mol. The maximum absolute atomic E-state index is 12.4. The third-order valence-electron chi connectivity index (χ3n) is 3.61. The van der Waals surface area contributed by atoms with Crippen LogP contribution in [0.4, 0.5) is 5.13 Å². The van der Waals surface area contributed by atoms with Crippen molar-refractivity contribution in [2.24, 2.45) is 0 Å². The fourth-order valence-corrected chi connectivity index (χ4v) is 3.39. The van der Waals surface area contributed by atoms with Crippen LogP contribution in [0.2, 0.25) is 0 Å². The second-order valence-corrected chi connectivity index (χ2v) is 6.50. The van der Waals surface area contributed by atoms with Crippen molar-refractivity contribution in [2.75, 3.05) is 12.4 Å². The Morgan fingerprint density at radius 2 is 1.92 bits per heavy atom. The Kier molecular flexibility index (Phi) is 5.28. The number of hydrogen-bond donors (Lipinski definition) is 2.